The molecule has 0 bridgehead atoms. The number of hydrogen-bond donors (Lipinski definition) is 3. The molecule has 1 aromatic carbocycles. The Hall–Kier alpha value is -2.11. The zero-order chi connectivity index (χ0) is 15.5. The molecule has 110 valence electrons. The fourth-order valence-electron chi connectivity index (χ4n) is 1.76. The van der Waals surface area contributed by atoms with Gasteiger partial charge in [-0.3, -0.25) is 9.59 Å². The van der Waals surface area contributed by atoms with Gasteiger partial charge in [0.05, 0.1) is 0 Å². The highest BCUT2D eigenvalue weighted by molar-refractivity contribution is 5.99. The number of halogens is 1. The van der Waals surface area contributed by atoms with Gasteiger partial charge in [0.1, 0.15) is 23.2 Å². The first kappa shape index (κ1) is 15.9. The third-order valence-electron chi connectivity index (χ3n) is 2.87. The number of carbonyl (C=O) groups is 2. The molecule has 6 heteroatoms. The minimum Gasteiger partial charge on any atom is -0.507 e. The third-order valence-corrected chi connectivity index (χ3v) is 2.87. The molecule has 5 nitrogen and oxygen atoms in total. The molecule has 3 N–H and O–H groups in total. The van der Waals surface area contributed by atoms with Gasteiger partial charge < -0.3 is 15.7 Å². The minimum atomic E-state index is -0.848. The van der Waals surface area contributed by atoms with Gasteiger partial charge in [-0.2, -0.15) is 0 Å². The molecule has 0 fully saturated rings. The van der Waals surface area contributed by atoms with Crippen LogP contribution in [0.2, 0.25) is 0 Å². The van der Waals surface area contributed by atoms with Crippen molar-refractivity contribution in [3.05, 3.63) is 29.6 Å². The monoisotopic (exact) mass is 282 g/mol. The number of phenols is 1. The summed E-state index contributed by atoms with van der Waals surface area (Å²) in [7, 11) is 1.45. The maximum absolute atomic E-state index is 13.6. The molecule has 0 aliphatic carbocycles. The summed E-state index contributed by atoms with van der Waals surface area (Å²) in [5.74, 6) is -2.52. The SMILES string of the molecule is CNC(=O)[C@@H](NC(=O)c1c(O)cccc1F)C(C)(C)C. The van der Waals surface area contributed by atoms with Crippen molar-refractivity contribution < 1.29 is 19.1 Å². The normalized spacial score (nSPS) is 12.7. The van der Waals surface area contributed by atoms with Crippen LogP contribution < -0.4 is 10.6 Å². The summed E-state index contributed by atoms with van der Waals surface area (Å²) in [6.07, 6.45) is 0. The number of nitrogens with one attached hydrogen (secondary N) is 2. The molecule has 0 aliphatic rings. The molecule has 0 radical (unpaired) electrons. The molecule has 20 heavy (non-hydrogen) atoms. The van der Waals surface area contributed by atoms with Crippen molar-refractivity contribution >= 4 is 11.8 Å². The summed E-state index contributed by atoms with van der Waals surface area (Å²) in [6.45, 7) is 5.32. The zero-order valence-corrected chi connectivity index (χ0v) is 12.0. The van der Waals surface area contributed by atoms with Gasteiger partial charge in [0.25, 0.3) is 5.91 Å². The lowest BCUT2D eigenvalue weighted by Crippen LogP contribution is -2.53. The highest BCUT2D eigenvalue weighted by atomic mass is 19.1. The van der Waals surface area contributed by atoms with Gasteiger partial charge in [-0.15, -0.1) is 0 Å². The lowest BCUT2D eigenvalue weighted by molar-refractivity contribution is -0.124. The molecule has 0 aromatic heterocycles. The fourth-order valence-corrected chi connectivity index (χ4v) is 1.76. The lowest BCUT2D eigenvalue weighted by atomic mass is 9.86. The predicted molar refractivity (Wildman–Crippen MR) is 72.8 cm³/mol. The number of benzene rings is 1. The fraction of sp³-hybridized carbons (Fsp3) is 0.429. The van der Waals surface area contributed by atoms with Gasteiger partial charge in [-0.05, 0) is 17.5 Å². The number of aromatic hydroxyl groups is 1. The molecular weight excluding hydrogens is 263 g/mol. The summed E-state index contributed by atoms with van der Waals surface area (Å²) in [5.41, 5.74) is -1.03. The summed E-state index contributed by atoms with van der Waals surface area (Å²) in [5, 5.41) is 14.5. The summed E-state index contributed by atoms with van der Waals surface area (Å²) < 4.78 is 13.6. The van der Waals surface area contributed by atoms with E-state index >= 15 is 0 Å². The summed E-state index contributed by atoms with van der Waals surface area (Å²) in [6, 6.07) is 2.73. The first-order chi connectivity index (χ1) is 9.18. The van der Waals surface area contributed by atoms with Crippen LogP contribution in [0.1, 0.15) is 31.1 Å². The Morgan fingerprint density at radius 2 is 1.90 bits per heavy atom. The first-order valence-electron chi connectivity index (χ1n) is 6.18. The van der Waals surface area contributed by atoms with E-state index in [4.69, 9.17) is 0 Å². The van der Waals surface area contributed by atoms with Crippen molar-refractivity contribution in [1.29, 1.82) is 0 Å². The minimum absolute atomic E-state index is 0.387. The Balaban J connectivity index is 3.06. The van der Waals surface area contributed by atoms with Crippen molar-refractivity contribution in [2.75, 3.05) is 7.05 Å². The van der Waals surface area contributed by atoms with Gasteiger partial charge in [-0.1, -0.05) is 26.8 Å². The Kier molecular flexibility index (Phi) is 4.70. The quantitative estimate of drug-likeness (QED) is 0.784. The molecule has 2 amide bonds. The second kappa shape index (κ2) is 5.90. The van der Waals surface area contributed by atoms with Gasteiger partial charge in [-0.25, -0.2) is 4.39 Å². The average Bonchev–Trinajstić information content (AvgIpc) is 2.33. The number of rotatable bonds is 3. The van der Waals surface area contributed by atoms with E-state index in [9.17, 15) is 19.1 Å². The molecule has 0 aliphatic heterocycles. The Morgan fingerprint density at radius 1 is 1.30 bits per heavy atom. The van der Waals surface area contributed by atoms with Crippen LogP contribution >= 0.6 is 0 Å². The van der Waals surface area contributed by atoms with Crippen molar-refractivity contribution in [3.8, 4) is 5.75 Å². The van der Waals surface area contributed by atoms with E-state index in [0.29, 0.717) is 0 Å². The molecule has 0 heterocycles. The number of phenolic OH excluding ortho intramolecular Hbond substituents is 1. The smallest absolute Gasteiger partial charge is 0.258 e. The van der Waals surface area contributed by atoms with Crippen LogP contribution in [0.15, 0.2) is 18.2 Å². The summed E-state index contributed by atoms with van der Waals surface area (Å²) in [4.78, 5) is 23.9. The van der Waals surface area contributed by atoms with Crippen LogP contribution in [0.5, 0.6) is 5.75 Å². The number of carbonyl (C=O) groups excluding carboxylic acids is 2. The summed E-state index contributed by atoms with van der Waals surface area (Å²) >= 11 is 0. The van der Waals surface area contributed by atoms with Gasteiger partial charge in [0, 0.05) is 7.05 Å². The van der Waals surface area contributed by atoms with E-state index in [2.05, 4.69) is 10.6 Å². The predicted octanol–water partition coefficient (Wildman–Crippen LogP) is 1.42. The Bertz CT molecular complexity index is 503. The zero-order valence-electron chi connectivity index (χ0n) is 12.0. The van der Waals surface area contributed by atoms with Crippen molar-refractivity contribution in [3.63, 3.8) is 0 Å². The topological polar surface area (TPSA) is 78.4 Å². The Labute approximate surface area is 117 Å². The number of hydrogen-bond acceptors (Lipinski definition) is 3. The molecule has 0 saturated carbocycles. The van der Waals surface area contributed by atoms with Gasteiger partial charge >= 0.3 is 0 Å². The maximum Gasteiger partial charge on any atom is 0.258 e. The van der Waals surface area contributed by atoms with E-state index in [-0.39, 0.29) is 5.91 Å². The van der Waals surface area contributed by atoms with E-state index in [1.165, 1.54) is 19.2 Å². The van der Waals surface area contributed by atoms with Gasteiger partial charge in [0.15, 0.2) is 0 Å². The van der Waals surface area contributed by atoms with Crippen LogP contribution in [-0.4, -0.2) is 30.0 Å². The molecule has 1 aromatic rings. The number of likely N-dealkylation sites (N-methyl/N-ethyl adjacent to an activating group) is 1. The van der Waals surface area contributed by atoms with Crippen molar-refractivity contribution in [2.24, 2.45) is 5.41 Å². The molecule has 0 spiro atoms. The Morgan fingerprint density at radius 3 is 2.35 bits per heavy atom. The highest BCUT2D eigenvalue weighted by Crippen LogP contribution is 2.23. The van der Waals surface area contributed by atoms with E-state index in [1.807, 2.05) is 0 Å². The van der Waals surface area contributed by atoms with Crippen LogP contribution in [0, 0.1) is 11.2 Å². The first-order valence-corrected chi connectivity index (χ1v) is 6.18. The second-order valence-electron chi connectivity index (χ2n) is 5.52. The van der Waals surface area contributed by atoms with E-state index in [1.54, 1.807) is 20.8 Å². The maximum atomic E-state index is 13.6. The number of amides is 2. The highest BCUT2D eigenvalue weighted by Gasteiger charge is 2.33. The largest absolute Gasteiger partial charge is 0.507 e. The molecule has 1 atom stereocenters. The average molecular weight is 282 g/mol. The second-order valence-corrected chi connectivity index (χ2v) is 5.52. The van der Waals surface area contributed by atoms with E-state index in [0.717, 1.165) is 6.07 Å². The van der Waals surface area contributed by atoms with Crippen LogP contribution in [0.3, 0.4) is 0 Å². The molecule has 0 unspecified atom stereocenters. The molecular formula is C14H19FN2O3. The van der Waals surface area contributed by atoms with Crippen molar-refractivity contribution in [1.82, 2.24) is 10.6 Å². The molecule has 1 rings (SSSR count). The third kappa shape index (κ3) is 3.46. The van der Waals surface area contributed by atoms with Crippen LogP contribution in [-0.2, 0) is 4.79 Å². The van der Waals surface area contributed by atoms with E-state index < -0.39 is 34.5 Å². The lowest BCUT2D eigenvalue weighted by Gasteiger charge is -2.30. The van der Waals surface area contributed by atoms with Crippen LogP contribution in [0.4, 0.5) is 4.39 Å². The molecule has 0 saturated heterocycles. The standard InChI is InChI=1S/C14H19FN2O3/c1-14(2,3)11(13(20)16-4)17-12(19)10-8(15)6-5-7-9(10)18/h5-7,11,18H,1-4H3,(H,16,20)(H,17,19)/t11-/m1/s1. The van der Waals surface area contributed by atoms with Crippen LogP contribution in [0.25, 0.3) is 0 Å². The van der Waals surface area contributed by atoms with Crippen molar-refractivity contribution in [2.45, 2.75) is 26.8 Å². The van der Waals surface area contributed by atoms with Gasteiger partial charge in [0.2, 0.25) is 5.91 Å².